The van der Waals surface area contributed by atoms with E-state index in [1.807, 2.05) is 24.4 Å². The highest BCUT2D eigenvalue weighted by Gasteiger charge is 2.12. The number of nitrogens with one attached hydrogen (secondary N) is 2. The molecule has 1 aliphatic heterocycles. The fourth-order valence-corrected chi connectivity index (χ4v) is 3.14. The van der Waals surface area contributed by atoms with Crippen LogP contribution >= 0.6 is 0 Å². The molecule has 1 aliphatic rings. The van der Waals surface area contributed by atoms with Gasteiger partial charge >= 0.3 is 0 Å². The average Bonchev–Trinajstić information content (AvgIpc) is 2.73. The van der Waals surface area contributed by atoms with Crippen molar-refractivity contribution < 1.29 is 4.74 Å². The minimum atomic E-state index is 0.754. The number of hydrogen-bond acceptors (Lipinski definition) is 4. The van der Waals surface area contributed by atoms with Crippen molar-refractivity contribution in [1.82, 2.24) is 20.5 Å². The van der Waals surface area contributed by atoms with E-state index < -0.39 is 0 Å². The van der Waals surface area contributed by atoms with E-state index in [2.05, 4.69) is 49.8 Å². The van der Waals surface area contributed by atoms with Gasteiger partial charge in [0.05, 0.1) is 13.2 Å². The van der Waals surface area contributed by atoms with Gasteiger partial charge in [0.25, 0.3) is 0 Å². The summed E-state index contributed by atoms with van der Waals surface area (Å²) in [6.07, 6.45) is 2.70. The number of aromatic nitrogens is 1. The van der Waals surface area contributed by atoms with E-state index in [0.29, 0.717) is 0 Å². The molecule has 0 atom stereocenters. The first-order chi connectivity index (χ1) is 13.3. The van der Waals surface area contributed by atoms with Crippen LogP contribution in [0.4, 0.5) is 0 Å². The summed E-state index contributed by atoms with van der Waals surface area (Å²) in [7, 11) is 1.80. The van der Waals surface area contributed by atoms with E-state index in [9.17, 15) is 0 Å². The highest BCUT2D eigenvalue weighted by Crippen LogP contribution is 2.13. The SMILES string of the molecule is CN=C(NCCc1ccccn1)NCc1ccccc1CN1CCOCC1. The van der Waals surface area contributed by atoms with Crippen molar-refractivity contribution in [2.24, 2.45) is 4.99 Å². The lowest BCUT2D eigenvalue weighted by molar-refractivity contribution is 0.0341. The normalized spacial score (nSPS) is 15.5. The molecule has 2 heterocycles. The molecule has 0 spiro atoms. The van der Waals surface area contributed by atoms with Crippen LogP contribution in [-0.4, -0.2) is 55.7 Å². The molecule has 2 aromatic rings. The van der Waals surface area contributed by atoms with Crippen molar-refractivity contribution in [2.45, 2.75) is 19.5 Å². The minimum Gasteiger partial charge on any atom is -0.379 e. The minimum absolute atomic E-state index is 0.754. The maximum Gasteiger partial charge on any atom is 0.191 e. The predicted octanol–water partition coefficient (Wildman–Crippen LogP) is 1.82. The van der Waals surface area contributed by atoms with Gasteiger partial charge in [-0.3, -0.25) is 14.9 Å². The summed E-state index contributed by atoms with van der Waals surface area (Å²) in [4.78, 5) is 11.1. The topological polar surface area (TPSA) is 61.8 Å². The van der Waals surface area contributed by atoms with E-state index in [0.717, 1.165) is 64.0 Å². The van der Waals surface area contributed by atoms with Gasteiger partial charge in [-0.1, -0.05) is 30.3 Å². The van der Waals surface area contributed by atoms with Crippen LogP contribution in [-0.2, 0) is 24.2 Å². The molecular weight excluding hydrogens is 338 g/mol. The van der Waals surface area contributed by atoms with Crippen molar-refractivity contribution in [2.75, 3.05) is 39.9 Å². The molecule has 3 rings (SSSR count). The molecule has 144 valence electrons. The molecule has 1 aromatic heterocycles. The molecule has 1 saturated heterocycles. The van der Waals surface area contributed by atoms with Gasteiger partial charge in [0.2, 0.25) is 0 Å². The van der Waals surface area contributed by atoms with Crippen LogP contribution in [0.1, 0.15) is 16.8 Å². The first-order valence-corrected chi connectivity index (χ1v) is 9.56. The van der Waals surface area contributed by atoms with Crippen LogP contribution in [0.15, 0.2) is 53.7 Å². The Balaban J connectivity index is 1.49. The summed E-state index contributed by atoms with van der Waals surface area (Å²) < 4.78 is 5.45. The number of aliphatic imine (C=N–C) groups is 1. The zero-order chi connectivity index (χ0) is 18.7. The Labute approximate surface area is 161 Å². The Kier molecular flexibility index (Phi) is 7.62. The molecule has 2 N–H and O–H groups in total. The number of morpholine rings is 1. The van der Waals surface area contributed by atoms with E-state index in [4.69, 9.17) is 4.74 Å². The molecule has 0 unspecified atom stereocenters. The van der Waals surface area contributed by atoms with Gasteiger partial charge in [0, 0.05) is 58.1 Å². The summed E-state index contributed by atoms with van der Waals surface area (Å²) >= 11 is 0. The summed E-state index contributed by atoms with van der Waals surface area (Å²) in [5.41, 5.74) is 3.74. The van der Waals surface area contributed by atoms with E-state index in [1.54, 1.807) is 7.05 Å². The summed E-state index contributed by atoms with van der Waals surface area (Å²) in [5.74, 6) is 0.812. The number of pyridine rings is 1. The fraction of sp³-hybridized carbons (Fsp3) is 0.429. The Hall–Kier alpha value is -2.44. The van der Waals surface area contributed by atoms with Crippen LogP contribution in [0.2, 0.25) is 0 Å². The second-order valence-electron chi connectivity index (χ2n) is 6.58. The third-order valence-electron chi connectivity index (χ3n) is 4.69. The Bertz CT molecular complexity index is 714. The summed E-state index contributed by atoms with van der Waals surface area (Å²) in [6.45, 7) is 6.17. The van der Waals surface area contributed by atoms with E-state index >= 15 is 0 Å². The predicted molar refractivity (Wildman–Crippen MR) is 109 cm³/mol. The van der Waals surface area contributed by atoms with Crippen LogP contribution in [0, 0.1) is 0 Å². The molecule has 6 heteroatoms. The fourth-order valence-electron chi connectivity index (χ4n) is 3.14. The van der Waals surface area contributed by atoms with Crippen LogP contribution in [0.3, 0.4) is 0 Å². The number of nitrogens with zero attached hydrogens (tertiary/aromatic N) is 3. The highest BCUT2D eigenvalue weighted by molar-refractivity contribution is 5.79. The monoisotopic (exact) mass is 367 g/mol. The Morgan fingerprint density at radius 2 is 1.85 bits per heavy atom. The van der Waals surface area contributed by atoms with Crippen LogP contribution in [0.25, 0.3) is 0 Å². The smallest absolute Gasteiger partial charge is 0.191 e. The highest BCUT2D eigenvalue weighted by atomic mass is 16.5. The summed E-state index contributed by atoms with van der Waals surface area (Å²) in [6, 6.07) is 14.6. The van der Waals surface area contributed by atoms with Gasteiger partial charge in [-0.2, -0.15) is 0 Å². The molecule has 27 heavy (non-hydrogen) atoms. The van der Waals surface area contributed by atoms with Gasteiger partial charge in [-0.05, 0) is 23.3 Å². The van der Waals surface area contributed by atoms with E-state index in [-0.39, 0.29) is 0 Å². The lowest BCUT2D eigenvalue weighted by Gasteiger charge is -2.27. The Morgan fingerprint density at radius 3 is 2.59 bits per heavy atom. The van der Waals surface area contributed by atoms with Crippen molar-refractivity contribution in [1.29, 1.82) is 0 Å². The lowest BCUT2D eigenvalue weighted by Crippen LogP contribution is -2.38. The van der Waals surface area contributed by atoms with Crippen molar-refractivity contribution in [3.63, 3.8) is 0 Å². The summed E-state index contributed by atoms with van der Waals surface area (Å²) in [5, 5.41) is 6.79. The van der Waals surface area contributed by atoms with Crippen molar-refractivity contribution in [3.8, 4) is 0 Å². The first-order valence-electron chi connectivity index (χ1n) is 9.56. The van der Waals surface area contributed by atoms with Gasteiger partial charge in [-0.15, -0.1) is 0 Å². The second kappa shape index (κ2) is 10.6. The second-order valence-corrected chi connectivity index (χ2v) is 6.58. The average molecular weight is 367 g/mol. The molecule has 0 saturated carbocycles. The molecular formula is C21H29N5O. The van der Waals surface area contributed by atoms with Gasteiger partial charge in [-0.25, -0.2) is 0 Å². The number of benzene rings is 1. The lowest BCUT2D eigenvalue weighted by atomic mass is 10.1. The van der Waals surface area contributed by atoms with Crippen LogP contribution in [0.5, 0.6) is 0 Å². The molecule has 0 bridgehead atoms. The number of hydrogen-bond donors (Lipinski definition) is 2. The molecule has 0 amide bonds. The molecule has 1 aromatic carbocycles. The molecule has 6 nitrogen and oxygen atoms in total. The van der Waals surface area contributed by atoms with Crippen LogP contribution < -0.4 is 10.6 Å². The van der Waals surface area contributed by atoms with Crippen molar-refractivity contribution in [3.05, 3.63) is 65.5 Å². The number of ether oxygens (including phenoxy) is 1. The Morgan fingerprint density at radius 1 is 1.07 bits per heavy atom. The largest absolute Gasteiger partial charge is 0.379 e. The molecule has 0 radical (unpaired) electrons. The van der Waals surface area contributed by atoms with Gasteiger partial charge in [0.1, 0.15) is 0 Å². The van der Waals surface area contributed by atoms with E-state index in [1.165, 1.54) is 11.1 Å². The quantitative estimate of drug-likeness (QED) is 0.577. The zero-order valence-corrected chi connectivity index (χ0v) is 16.0. The maximum absolute atomic E-state index is 5.45. The van der Waals surface area contributed by atoms with Gasteiger partial charge < -0.3 is 15.4 Å². The third kappa shape index (κ3) is 6.34. The maximum atomic E-state index is 5.45. The molecule has 1 fully saturated rings. The van der Waals surface area contributed by atoms with Crippen molar-refractivity contribution >= 4 is 5.96 Å². The third-order valence-corrected chi connectivity index (χ3v) is 4.69. The first kappa shape index (κ1) is 19.3. The molecule has 0 aliphatic carbocycles. The zero-order valence-electron chi connectivity index (χ0n) is 16.0. The standard InChI is InChI=1S/C21H29N5O/c1-22-21(24-11-9-20-8-4-5-10-23-20)25-16-18-6-2-3-7-19(18)17-26-12-14-27-15-13-26/h2-8,10H,9,11-17H2,1H3,(H2,22,24,25). The number of rotatable bonds is 7. The van der Waals surface area contributed by atoms with Gasteiger partial charge in [0.15, 0.2) is 5.96 Å². The number of guanidine groups is 1.